The SMILES string of the molecule is NS(=O)(=O)CC1CCCN(S(=O)(=O)/C=C/c2ccccc2)C1. The number of benzene rings is 1. The molecule has 8 heteroatoms. The molecule has 1 heterocycles. The molecule has 0 saturated carbocycles. The van der Waals surface area contributed by atoms with E-state index in [1.807, 2.05) is 30.3 Å². The zero-order chi connectivity index (χ0) is 16.2. The normalized spacial score (nSPS) is 21.2. The molecular formula is C14H20N2O4S2. The summed E-state index contributed by atoms with van der Waals surface area (Å²) in [6.07, 6.45) is 2.85. The Balaban J connectivity index is 2.07. The summed E-state index contributed by atoms with van der Waals surface area (Å²) in [4.78, 5) is 0. The van der Waals surface area contributed by atoms with Gasteiger partial charge < -0.3 is 0 Å². The van der Waals surface area contributed by atoms with E-state index in [2.05, 4.69) is 0 Å². The number of nitrogens with zero attached hydrogens (tertiary/aromatic N) is 1. The molecule has 6 nitrogen and oxygen atoms in total. The summed E-state index contributed by atoms with van der Waals surface area (Å²) >= 11 is 0. The van der Waals surface area contributed by atoms with E-state index >= 15 is 0 Å². The second kappa shape index (κ2) is 6.91. The van der Waals surface area contributed by atoms with Gasteiger partial charge in [0, 0.05) is 18.5 Å². The van der Waals surface area contributed by atoms with Crippen LogP contribution in [0.1, 0.15) is 18.4 Å². The van der Waals surface area contributed by atoms with Crippen LogP contribution in [0.4, 0.5) is 0 Å². The van der Waals surface area contributed by atoms with Gasteiger partial charge in [-0.3, -0.25) is 0 Å². The van der Waals surface area contributed by atoms with Gasteiger partial charge in [0.15, 0.2) is 0 Å². The summed E-state index contributed by atoms with van der Waals surface area (Å²) < 4.78 is 48.3. The number of primary sulfonamides is 1. The fraction of sp³-hybridized carbons (Fsp3) is 0.429. The summed E-state index contributed by atoms with van der Waals surface area (Å²) in [5.41, 5.74) is 0.796. The van der Waals surface area contributed by atoms with Crippen molar-refractivity contribution in [2.24, 2.45) is 11.1 Å². The van der Waals surface area contributed by atoms with Crippen molar-refractivity contribution in [3.8, 4) is 0 Å². The zero-order valence-corrected chi connectivity index (χ0v) is 13.8. The van der Waals surface area contributed by atoms with Crippen LogP contribution < -0.4 is 5.14 Å². The van der Waals surface area contributed by atoms with Crippen LogP contribution in [0.2, 0.25) is 0 Å². The summed E-state index contributed by atoms with van der Waals surface area (Å²) in [6.45, 7) is 0.598. The first-order chi connectivity index (χ1) is 10.3. The van der Waals surface area contributed by atoms with Gasteiger partial charge in [-0.05, 0) is 30.4 Å². The Morgan fingerprint density at radius 2 is 1.86 bits per heavy atom. The Morgan fingerprint density at radius 1 is 1.18 bits per heavy atom. The number of hydrogen-bond acceptors (Lipinski definition) is 4. The zero-order valence-electron chi connectivity index (χ0n) is 12.1. The molecule has 1 aromatic rings. The lowest BCUT2D eigenvalue weighted by atomic mass is 10.0. The molecule has 1 aliphatic rings. The van der Waals surface area contributed by atoms with Crippen molar-refractivity contribution < 1.29 is 16.8 Å². The maximum Gasteiger partial charge on any atom is 0.236 e. The highest BCUT2D eigenvalue weighted by atomic mass is 32.2. The molecule has 1 unspecified atom stereocenters. The van der Waals surface area contributed by atoms with Crippen molar-refractivity contribution in [3.05, 3.63) is 41.3 Å². The van der Waals surface area contributed by atoms with E-state index in [4.69, 9.17) is 5.14 Å². The summed E-state index contributed by atoms with van der Waals surface area (Å²) in [7, 11) is -7.14. The third kappa shape index (κ3) is 5.20. The first-order valence-electron chi connectivity index (χ1n) is 7.00. The lowest BCUT2D eigenvalue weighted by Gasteiger charge is -2.30. The van der Waals surface area contributed by atoms with Crippen LogP contribution in [0.25, 0.3) is 6.08 Å². The van der Waals surface area contributed by atoms with E-state index in [-0.39, 0.29) is 18.2 Å². The monoisotopic (exact) mass is 344 g/mol. The summed E-state index contributed by atoms with van der Waals surface area (Å²) in [5, 5.41) is 6.21. The first-order valence-corrected chi connectivity index (χ1v) is 10.2. The van der Waals surface area contributed by atoms with E-state index in [0.717, 1.165) is 5.56 Å². The minimum Gasteiger partial charge on any atom is -0.229 e. The minimum atomic E-state index is -3.59. The number of nitrogens with two attached hydrogens (primary N) is 1. The first kappa shape index (κ1) is 17.1. The maximum atomic E-state index is 12.3. The molecule has 1 fully saturated rings. The molecule has 0 bridgehead atoms. The average molecular weight is 344 g/mol. The van der Waals surface area contributed by atoms with Gasteiger partial charge in [0.2, 0.25) is 20.0 Å². The number of rotatable bonds is 5. The fourth-order valence-corrected chi connectivity index (χ4v) is 4.77. The van der Waals surface area contributed by atoms with Crippen molar-refractivity contribution in [2.45, 2.75) is 12.8 Å². The van der Waals surface area contributed by atoms with Gasteiger partial charge in [0.05, 0.1) is 5.75 Å². The lowest BCUT2D eigenvalue weighted by Crippen LogP contribution is -2.41. The highest BCUT2D eigenvalue weighted by Crippen LogP contribution is 2.21. The van der Waals surface area contributed by atoms with Gasteiger partial charge >= 0.3 is 0 Å². The number of piperidine rings is 1. The van der Waals surface area contributed by atoms with Crippen LogP contribution in [-0.4, -0.2) is 40.0 Å². The maximum absolute atomic E-state index is 12.3. The van der Waals surface area contributed by atoms with Crippen molar-refractivity contribution in [1.82, 2.24) is 4.31 Å². The van der Waals surface area contributed by atoms with Crippen LogP contribution in [0.15, 0.2) is 35.7 Å². The predicted molar refractivity (Wildman–Crippen MR) is 86.7 cm³/mol. The van der Waals surface area contributed by atoms with E-state index in [1.165, 1.54) is 9.71 Å². The standard InChI is InChI=1S/C14H20N2O4S2/c15-21(17,18)12-14-7-4-9-16(11-14)22(19,20)10-8-13-5-2-1-3-6-13/h1-3,5-6,8,10,14H,4,7,9,11-12H2,(H2,15,17,18)/b10-8+. The van der Waals surface area contributed by atoms with Crippen molar-refractivity contribution in [2.75, 3.05) is 18.8 Å². The lowest BCUT2D eigenvalue weighted by molar-refractivity contribution is 0.285. The molecule has 1 aliphatic heterocycles. The molecule has 2 N–H and O–H groups in total. The average Bonchev–Trinajstić information content (AvgIpc) is 2.45. The quantitative estimate of drug-likeness (QED) is 0.861. The summed E-state index contributed by atoms with van der Waals surface area (Å²) in [5.74, 6) is -0.426. The molecule has 0 amide bonds. The highest BCUT2D eigenvalue weighted by molar-refractivity contribution is 7.92. The van der Waals surface area contributed by atoms with Crippen LogP contribution in [-0.2, 0) is 20.0 Å². The van der Waals surface area contributed by atoms with E-state index in [1.54, 1.807) is 6.08 Å². The van der Waals surface area contributed by atoms with E-state index in [0.29, 0.717) is 19.4 Å². The number of sulfonamides is 2. The van der Waals surface area contributed by atoms with Gasteiger partial charge in [0.25, 0.3) is 0 Å². The Kier molecular flexibility index (Phi) is 5.38. The van der Waals surface area contributed by atoms with Gasteiger partial charge in [0.1, 0.15) is 0 Å². The third-order valence-electron chi connectivity index (χ3n) is 3.54. The number of hydrogen-bond donors (Lipinski definition) is 1. The van der Waals surface area contributed by atoms with Gasteiger partial charge in [-0.1, -0.05) is 30.3 Å². The van der Waals surface area contributed by atoms with E-state index in [9.17, 15) is 16.8 Å². The molecule has 0 aromatic heterocycles. The molecule has 0 radical (unpaired) electrons. The van der Waals surface area contributed by atoms with Gasteiger partial charge in [-0.15, -0.1) is 0 Å². The van der Waals surface area contributed by atoms with Crippen molar-refractivity contribution in [1.29, 1.82) is 0 Å². The molecule has 1 atom stereocenters. The molecule has 0 aliphatic carbocycles. The van der Waals surface area contributed by atoms with Crippen LogP contribution in [0.5, 0.6) is 0 Å². The molecule has 122 valence electrons. The highest BCUT2D eigenvalue weighted by Gasteiger charge is 2.29. The molecule has 0 spiro atoms. The fourth-order valence-electron chi connectivity index (χ4n) is 2.54. The second-order valence-electron chi connectivity index (χ2n) is 5.45. The minimum absolute atomic E-state index is 0.179. The molecule has 22 heavy (non-hydrogen) atoms. The largest absolute Gasteiger partial charge is 0.236 e. The molecule has 2 rings (SSSR count). The Morgan fingerprint density at radius 3 is 2.50 bits per heavy atom. The summed E-state index contributed by atoms with van der Waals surface area (Å²) in [6, 6.07) is 9.14. The van der Waals surface area contributed by atoms with Crippen molar-refractivity contribution >= 4 is 26.1 Å². The Hall–Kier alpha value is -1.22. The van der Waals surface area contributed by atoms with Crippen LogP contribution >= 0.6 is 0 Å². The van der Waals surface area contributed by atoms with Gasteiger partial charge in [-0.2, -0.15) is 4.31 Å². The van der Waals surface area contributed by atoms with Gasteiger partial charge in [-0.25, -0.2) is 22.0 Å². The Labute approximate surface area is 131 Å². The molecule has 1 aromatic carbocycles. The van der Waals surface area contributed by atoms with Crippen LogP contribution in [0, 0.1) is 5.92 Å². The smallest absolute Gasteiger partial charge is 0.229 e. The van der Waals surface area contributed by atoms with Crippen molar-refractivity contribution in [3.63, 3.8) is 0 Å². The van der Waals surface area contributed by atoms with E-state index < -0.39 is 20.0 Å². The predicted octanol–water partition coefficient (Wildman–Crippen LogP) is 0.988. The third-order valence-corrected chi connectivity index (χ3v) is 6.01. The molecule has 1 saturated heterocycles. The Bertz CT molecular complexity index is 727. The second-order valence-corrected chi connectivity index (χ2v) is 8.93. The topological polar surface area (TPSA) is 97.5 Å². The van der Waals surface area contributed by atoms with Crippen LogP contribution in [0.3, 0.4) is 0 Å². The molecular weight excluding hydrogens is 324 g/mol.